The lowest BCUT2D eigenvalue weighted by Gasteiger charge is -2.20. The van der Waals surface area contributed by atoms with Crippen molar-refractivity contribution >= 4 is 33.4 Å². The van der Waals surface area contributed by atoms with Gasteiger partial charge in [-0.05, 0) is 25.3 Å². The van der Waals surface area contributed by atoms with Crippen LogP contribution in [0.15, 0.2) is 11.1 Å². The van der Waals surface area contributed by atoms with Crippen molar-refractivity contribution in [1.82, 2.24) is 14.5 Å². The Kier molecular flexibility index (Phi) is 5.17. The van der Waals surface area contributed by atoms with Crippen LogP contribution in [-0.2, 0) is 16.1 Å². The molecule has 0 aromatic carbocycles. The lowest BCUT2D eigenvalue weighted by molar-refractivity contribution is -0.131. The highest BCUT2D eigenvalue weighted by Crippen LogP contribution is 2.27. The third-order valence-electron chi connectivity index (χ3n) is 4.55. The molecular weight excluding hydrogens is 342 g/mol. The molecule has 1 aliphatic rings. The first-order valence-electron chi connectivity index (χ1n) is 8.37. The Morgan fingerprint density at radius 1 is 1.24 bits per heavy atom. The van der Waals surface area contributed by atoms with Crippen molar-refractivity contribution in [2.75, 3.05) is 20.2 Å². The van der Waals surface area contributed by atoms with Crippen LogP contribution in [0.4, 0.5) is 0 Å². The highest BCUT2D eigenvalue weighted by atomic mass is 32.1. The molecule has 0 radical (unpaired) electrons. The van der Waals surface area contributed by atoms with Crippen molar-refractivity contribution < 1.29 is 14.3 Å². The van der Waals surface area contributed by atoms with E-state index in [9.17, 15) is 14.4 Å². The predicted octanol–water partition coefficient (Wildman–Crippen LogP) is 1.96. The number of aromatic nitrogens is 2. The highest BCUT2D eigenvalue weighted by molar-refractivity contribution is 7.20. The Balaban J connectivity index is 1.91. The van der Waals surface area contributed by atoms with Crippen molar-refractivity contribution in [3.05, 3.63) is 27.1 Å². The average Bonchev–Trinajstić information content (AvgIpc) is 2.79. The third-order valence-corrected chi connectivity index (χ3v) is 5.73. The monoisotopic (exact) mass is 363 g/mol. The number of methoxy groups -OCH3 is 1. The molecule has 1 fully saturated rings. The molecule has 0 aliphatic carbocycles. The second kappa shape index (κ2) is 7.35. The normalized spacial score (nSPS) is 15.2. The van der Waals surface area contributed by atoms with Gasteiger partial charge in [0, 0.05) is 13.1 Å². The summed E-state index contributed by atoms with van der Waals surface area (Å²) in [6.07, 6.45) is 5.68. The SMILES string of the molecule is COC(=O)c1sc2ncn(CC(=O)N3CCCCCC3)c(=O)c2c1C. The molecule has 1 amide bonds. The van der Waals surface area contributed by atoms with E-state index in [1.54, 1.807) is 6.92 Å². The largest absolute Gasteiger partial charge is 0.465 e. The van der Waals surface area contributed by atoms with E-state index in [1.807, 2.05) is 4.90 Å². The van der Waals surface area contributed by atoms with Crippen molar-refractivity contribution in [2.24, 2.45) is 0 Å². The van der Waals surface area contributed by atoms with Crippen LogP contribution in [0.3, 0.4) is 0 Å². The zero-order valence-corrected chi connectivity index (χ0v) is 15.2. The summed E-state index contributed by atoms with van der Waals surface area (Å²) in [5, 5.41) is 0.386. The van der Waals surface area contributed by atoms with E-state index in [0.29, 0.717) is 20.7 Å². The van der Waals surface area contributed by atoms with E-state index in [2.05, 4.69) is 4.98 Å². The lowest BCUT2D eigenvalue weighted by Crippen LogP contribution is -2.37. The van der Waals surface area contributed by atoms with Gasteiger partial charge >= 0.3 is 5.97 Å². The minimum atomic E-state index is -0.480. The molecule has 0 unspecified atom stereocenters. The molecule has 2 aromatic heterocycles. The zero-order chi connectivity index (χ0) is 18.0. The topological polar surface area (TPSA) is 81.5 Å². The first-order valence-corrected chi connectivity index (χ1v) is 9.19. The molecule has 1 saturated heterocycles. The van der Waals surface area contributed by atoms with E-state index in [1.165, 1.54) is 18.0 Å². The van der Waals surface area contributed by atoms with Crippen LogP contribution in [0.1, 0.15) is 40.9 Å². The Bertz CT molecular complexity index is 863. The minimum Gasteiger partial charge on any atom is -0.465 e. The van der Waals surface area contributed by atoms with Crippen molar-refractivity contribution in [2.45, 2.75) is 39.2 Å². The first kappa shape index (κ1) is 17.6. The number of esters is 1. The summed E-state index contributed by atoms with van der Waals surface area (Å²) in [5.41, 5.74) is 0.262. The summed E-state index contributed by atoms with van der Waals surface area (Å²) in [5.74, 6) is -0.543. The quantitative estimate of drug-likeness (QED) is 0.779. The number of hydrogen-bond donors (Lipinski definition) is 0. The molecule has 8 heteroatoms. The van der Waals surface area contributed by atoms with Crippen LogP contribution in [-0.4, -0.2) is 46.5 Å². The molecule has 0 atom stereocenters. The van der Waals surface area contributed by atoms with E-state index in [0.717, 1.165) is 50.1 Å². The van der Waals surface area contributed by atoms with Gasteiger partial charge < -0.3 is 9.64 Å². The van der Waals surface area contributed by atoms with Gasteiger partial charge in [0.25, 0.3) is 5.56 Å². The van der Waals surface area contributed by atoms with Gasteiger partial charge in [-0.2, -0.15) is 0 Å². The van der Waals surface area contributed by atoms with Crippen LogP contribution in [0, 0.1) is 6.92 Å². The summed E-state index contributed by atoms with van der Waals surface area (Å²) < 4.78 is 6.08. The molecule has 25 heavy (non-hydrogen) atoms. The average molecular weight is 363 g/mol. The number of ether oxygens (including phenoxy) is 1. The van der Waals surface area contributed by atoms with Gasteiger partial charge in [-0.15, -0.1) is 11.3 Å². The van der Waals surface area contributed by atoms with Gasteiger partial charge in [0.15, 0.2) is 0 Å². The van der Waals surface area contributed by atoms with Gasteiger partial charge in [0.05, 0.1) is 18.8 Å². The second-order valence-corrected chi connectivity index (χ2v) is 7.20. The van der Waals surface area contributed by atoms with Crippen molar-refractivity contribution in [1.29, 1.82) is 0 Å². The number of hydrogen-bond acceptors (Lipinski definition) is 6. The smallest absolute Gasteiger partial charge is 0.348 e. The van der Waals surface area contributed by atoms with E-state index < -0.39 is 5.97 Å². The predicted molar refractivity (Wildman–Crippen MR) is 95.0 cm³/mol. The Labute approximate surface area is 149 Å². The second-order valence-electron chi connectivity index (χ2n) is 6.20. The number of rotatable bonds is 3. The molecule has 3 rings (SSSR count). The van der Waals surface area contributed by atoms with Crippen molar-refractivity contribution in [3.63, 3.8) is 0 Å². The molecule has 0 N–H and O–H groups in total. The fourth-order valence-electron chi connectivity index (χ4n) is 3.13. The van der Waals surface area contributed by atoms with Crippen LogP contribution >= 0.6 is 11.3 Å². The number of fused-ring (bicyclic) bond motifs is 1. The van der Waals surface area contributed by atoms with Crippen LogP contribution in [0.25, 0.3) is 10.2 Å². The van der Waals surface area contributed by atoms with Gasteiger partial charge in [-0.1, -0.05) is 12.8 Å². The first-order chi connectivity index (χ1) is 12.0. The molecule has 0 bridgehead atoms. The Hall–Kier alpha value is -2.22. The maximum absolute atomic E-state index is 12.8. The maximum atomic E-state index is 12.8. The van der Waals surface area contributed by atoms with Gasteiger partial charge in [-0.3, -0.25) is 14.2 Å². The number of carbonyl (C=O) groups is 2. The molecular formula is C17H21N3O4S. The van der Waals surface area contributed by atoms with Gasteiger partial charge in [0.1, 0.15) is 16.3 Å². The number of amides is 1. The summed E-state index contributed by atoms with van der Waals surface area (Å²) >= 11 is 1.13. The van der Waals surface area contributed by atoms with E-state index in [4.69, 9.17) is 4.74 Å². The van der Waals surface area contributed by atoms with Gasteiger partial charge in [-0.25, -0.2) is 9.78 Å². The van der Waals surface area contributed by atoms with Crippen LogP contribution in [0.5, 0.6) is 0 Å². The fraction of sp³-hybridized carbons (Fsp3) is 0.529. The summed E-state index contributed by atoms with van der Waals surface area (Å²) in [4.78, 5) is 44.0. The standard InChI is InChI=1S/C17H21N3O4S/c1-11-13-15(25-14(11)17(23)24-2)18-10-20(16(13)22)9-12(21)19-7-5-3-4-6-8-19/h10H,3-9H2,1-2H3. The maximum Gasteiger partial charge on any atom is 0.348 e. The number of aryl methyl sites for hydroxylation is 1. The highest BCUT2D eigenvalue weighted by Gasteiger charge is 2.21. The summed E-state index contributed by atoms with van der Waals surface area (Å²) in [6, 6.07) is 0. The van der Waals surface area contributed by atoms with Crippen LogP contribution in [0.2, 0.25) is 0 Å². The molecule has 7 nitrogen and oxygen atoms in total. The molecule has 0 spiro atoms. The number of likely N-dealkylation sites (tertiary alicyclic amines) is 1. The molecule has 3 heterocycles. The van der Waals surface area contributed by atoms with E-state index in [-0.39, 0.29) is 18.0 Å². The Morgan fingerprint density at radius 2 is 1.92 bits per heavy atom. The molecule has 134 valence electrons. The van der Waals surface area contributed by atoms with Crippen LogP contribution < -0.4 is 5.56 Å². The summed E-state index contributed by atoms with van der Waals surface area (Å²) in [7, 11) is 1.30. The molecule has 2 aromatic rings. The Morgan fingerprint density at radius 3 is 2.56 bits per heavy atom. The number of thiophene rings is 1. The third kappa shape index (κ3) is 3.44. The number of carbonyl (C=O) groups excluding carboxylic acids is 2. The van der Waals surface area contributed by atoms with Crippen molar-refractivity contribution in [3.8, 4) is 0 Å². The van der Waals surface area contributed by atoms with E-state index >= 15 is 0 Å². The zero-order valence-electron chi connectivity index (χ0n) is 14.4. The summed E-state index contributed by atoms with van der Waals surface area (Å²) in [6.45, 7) is 3.17. The molecule has 0 saturated carbocycles. The fourth-order valence-corrected chi connectivity index (χ4v) is 4.18. The minimum absolute atomic E-state index is 0.0232. The number of nitrogens with zero attached hydrogens (tertiary/aromatic N) is 3. The molecule has 1 aliphatic heterocycles. The lowest BCUT2D eigenvalue weighted by atomic mass is 10.2. The van der Waals surface area contributed by atoms with Gasteiger partial charge in [0.2, 0.25) is 5.91 Å².